The zero-order valence-electron chi connectivity index (χ0n) is 15.2. The summed E-state index contributed by atoms with van der Waals surface area (Å²) in [5, 5.41) is 2.98. The molecule has 4 rings (SSSR count). The molecule has 2 aromatic carbocycles. The Morgan fingerprint density at radius 3 is 2.56 bits per heavy atom. The van der Waals surface area contributed by atoms with E-state index in [1.165, 1.54) is 5.56 Å². The highest BCUT2D eigenvalue weighted by Gasteiger charge is 2.21. The van der Waals surface area contributed by atoms with E-state index >= 15 is 0 Å². The number of rotatable bonds is 5. The van der Waals surface area contributed by atoms with Crippen LogP contribution in [0.2, 0.25) is 0 Å². The highest BCUT2D eigenvalue weighted by atomic mass is 16.2. The second-order valence-electron chi connectivity index (χ2n) is 7.20. The predicted octanol–water partition coefficient (Wildman–Crippen LogP) is 2.35. The Morgan fingerprint density at radius 2 is 1.78 bits per heavy atom. The number of nitrogens with one attached hydrogen (secondary N) is 3. The van der Waals surface area contributed by atoms with Crippen molar-refractivity contribution < 1.29 is 4.79 Å². The first-order valence-corrected chi connectivity index (χ1v) is 9.42. The lowest BCUT2D eigenvalue weighted by Gasteiger charge is -2.31. The van der Waals surface area contributed by atoms with Crippen molar-refractivity contribution in [2.24, 2.45) is 0 Å². The van der Waals surface area contributed by atoms with Gasteiger partial charge in [-0.3, -0.25) is 9.69 Å². The largest absolute Gasteiger partial charge is 0.351 e. The van der Waals surface area contributed by atoms with Crippen LogP contribution < -0.4 is 11.0 Å². The van der Waals surface area contributed by atoms with Crippen molar-refractivity contribution in [2.75, 3.05) is 19.6 Å². The lowest BCUT2D eigenvalue weighted by atomic mass is 9.89. The molecule has 1 saturated heterocycles. The minimum absolute atomic E-state index is 0.0378. The zero-order valence-corrected chi connectivity index (χ0v) is 15.2. The van der Waals surface area contributed by atoms with Crippen LogP contribution in [0.25, 0.3) is 11.0 Å². The molecular weight excluding hydrogens is 340 g/mol. The average molecular weight is 364 g/mol. The number of hydrogen-bond acceptors (Lipinski definition) is 3. The van der Waals surface area contributed by atoms with Crippen LogP contribution in [0.4, 0.5) is 0 Å². The van der Waals surface area contributed by atoms with Crippen molar-refractivity contribution in [3.63, 3.8) is 0 Å². The van der Waals surface area contributed by atoms with Gasteiger partial charge in [0.25, 0.3) is 0 Å². The van der Waals surface area contributed by atoms with Crippen LogP contribution in [0.1, 0.15) is 29.9 Å². The molecule has 0 aliphatic carbocycles. The molecule has 1 aromatic heterocycles. The smallest absolute Gasteiger partial charge is 0.323 e. The van der Waals surface area contributed by atoms with Crippen LogP contribution in [0.3, 0.4) is 0 Å². The van der Waals surface area contributed by atoms with Crippen LogP contribution >= 0.6 is 0 Å². The number of piperidine rings is 1. The summed E-state index contributed by atoms with van der Waals surface area (Å²) in [7, 11) is 0. The van der Waals surface area contributed by atoms with Gasteiger partial charge in [-0.15, -0.1) is 0 Å². The minimum Gasteiger partial charge on any atom is -0.351 e. The van der Waals surface area contributed by atoms with E-state index in [1.807, 2.05) is 18.2 Å². The van der Waals surface area contributed by atoms with Crippen molar-refractivity contribution >= 4 is 16.9 Å². The van der Waals surface area contributed by atoms with Crippen molar-refractivity contribution in [1.29, 1.82) is 0 Å². The standard InChI is InChI=1S/C21H24N4O2/c26-20(22-13-15-6-7-18-19(12-15)24-21(27)23-18)14-25-10-8-17(9-11-25)16-4-2-1-3-5-16/h1-7,12,17H,8-11,13-14H2,(H,22,26)(H2,23,24,27). The molecule has 0 saturated carbocycles. The van der Waals surface area contributed by atoms with Crippen molar-refractivity contribution in [1.82, 2.24) is 20.2 Å². The highest BCUT2D eigenvalue weighted by molar-refractivity contribution is 5.78. The van der Waals surface area contributed by atoms with Gasteiger partial charge in [0.05, 0.1) is 17.6 Å². The topological polar surface area (TPSA) is 81.0 Å². The summed E-state index contributed by atoms with van der Waals surface area (Å²) in [6.07, 6.45) is 2.18. The Hall–Kier alpha value is -2.86. The predicted molar refractivity (Wildman–Crippen MR) is 106 cm³/mol. The second-order valence-corrected chi connectivity index (χ2v) is 7.20. The van der Waals surface area contributed by atoms with E-state index in [-0.39, 0.29) is 11.6 Å². The summed E-state index contributed by atoms with van der Waals surface area (Å²) < 4.78 is 0. The molecule has 0 spiro atoms. The van der Waals surface area contributed by atoms with Gasteiger partial charge in [0, 0.05) is 6.54 Å². The van der Waals surface area contributed by atoms with E-state index < -0.39 is 0 Å². The van der Waals surface area contributed by atoms with E-state index in [0.29, 0.717) is 19.0 Å². The van der Waals surface area contributed by atoms with Gasteiger partial charge < -0.3 is 15.3 Å². The first kappa shape index (κ1) is 17.5. The normalized spacial score (nSPS) is 15.9. The second kappa shape index (κ2) is 7.80. The number of carbonyl (C=O) groups excluding carboxylic acids is 1. The number of imidazole rings is 1. The lowest BCUT2D eigenvalue weighted by Crippen LogP contribution is -2.41. The maximum Gasteiger partial charge on any atom is 0.323 e. The summed E-state index contributed by atoms with van der Waals surface area (Å²) in [6, 6.07) is 16.3. The molecule has 2 heterocycles. The SMILES string of the molecule is O=C(CN1CCC(c2ccccc2)CC1)NCc1ccc2[nH]c(=O)[nH]c2c1. The monoisotopic (exact) mass is 364 g/mol. The number of amides is 1. The first-order chi connectivity index (χ1) is 13.2. The molecule has 27 heavy (non-hydrogen) atoms. The molecule has 0 bridgehead atoms. The van der Waals surface area contributed by atoms with E-state index in [9.17, 15) is 9.59 Å². The quantitative estimate of drug-likeness (QED) is 0.650. The van der Waals surface area contributed by atoms with Gasteiger partial charge in [0.2, 0.25) is 5.91 Å². The van der Waals surface area contributed by atoms with Crippen molar-refractivity contribution in [2.45, 2.75) is 25.3 Å². The molecular formula is C21H24N4O2. The van der Waals surface area contributed by atoms with Crippen LogP contribution in [0.5, 0.6) is 0 Å². The Bertz CT molecular complexity index is 969. The van der Waals surface area contributed by atoms with Gasteiger partial charge in [0.15, 0.2) is 0 Å². The number of aromatic nitrogens is 2. The number of fused-ring (bicyclic) bond motifs is 1. The molecule has 1 amide bonds. The fraction of sp³-hybridized carbons (Fsp3) is 0.333. The Balaban J connectivity index is 1.25. The molecule has 6 nitrogen and oxygen atoms in total. The van der Waals surface area contributed by atoms with E-state index in [4.69, 9.17) is 0 Å². The maximum absolute atomic E-state index is 12.3. The molecule has 0 radical (unpaired) electrons. The third-order valence-electron chi connectivity index (χ3n) is 5.30. The fourth-order valence-electron chi connectivity index (χ4n) is 3.80. The molecule has 0 unspecified atom stereocenters. The van der Waals surface area contributed by atoms with E-state index in [0.717, 1.165) is 42.5 Å². The summed E-state index contributed by atoms with van der Waals surface area (Å²) in [4.78, 5) is 31.3. The Morgan fingerprint density at radius 1 is 1.04 bits per heavy atom. The molecule has 6 heteroatoms. The molecule has 1 aliphatic rings. The first-order valence-electron chi connectivity index (χ1n) is 9.42. The van der Waals surface area contributed by atoms with Gasteiger partial charge in [-0.1, -0.05) is 36.4 Å². The third kappa shape index (κ3) is 4.28. The Labute approximate surface area is 157 Å². The van der Waals surface area contributed by atoms with Crippen molar-refractivity contribution in [3.8, 4) is 0 Å². The van der Waals surface area contributed by atoms with Crippen LogP contribution in [0, 0.1) is 0 Å². The van der Waals surface area contributed by atoms with Gasteiger partial charge in [0.1, 0.15) is 0 Å². The number of H-pyrrole nitrogens is 2. The summed E-state index contributed by atoms with van der Waals surface area (Å²) in [5.41, 5.74) is 3.69. The number of likely N-dealkylation sites (tertiary alicyclic amines) is 1. The third-order valence-corrected chi connectivity index (χ3v) is 5.30. The molecule has 3 aromatic rings. The average Bonchev–Trinajstić information content (AvgIpc) is 3.07. The minimum atomic E-state index is -0.218. The number of hydrogen-bond donors (Lipinski definition) is 3. The number of aromatic amines is 2. The number of nitrogens with zero attached hydrogens (tertiary/aromatic N) is 1. The molecule has 1 fully saturated rings. The molecule has 1 aliphatic heterocycles. The molecule has 0 atom stereocenters. The van der Waals surface area contributed by atoms with Gasteiger partial charge in [-0.2, -0.15) is 0 Å². The van der Waals surface area contributed by atoms with E-state index in [1.54, 1.807) is 0 Å². The lowest BCUT2D eigenvalue weighted by molar-refractivity contribution is -0.122. The summed E-state index contributed by atoms with van der Waals surface area (Å²) in [6.45, 7) is 2.79. The number of benzene rings is 2. The van der Waals surface area contributed by atoms with Gasteiger partial charge in [-0.05, 0) is 55.1 Å². The molecule has 3 N–H and O–H groups in total. The highest BCUT2D eigenvalue weighted by Crippen LogP contribution is 2.27. The van der Waals surface area contributed by atoms with E-state index in [2.05, 4.69) is 50.5 Å². The summed E-state index contributed by atoms with van der Waals surface area (Å²) >= 11 is 0. The van der Waals surface area contributed by atoms with Crippen LogP contribution in [-0.2, 0) is 11.3 Å². The van der Waals surface area contributed by atoms with Crippen molar-refractivity contribution in [3.05, 3.63) is 70.1 Å². The zero-order chi connectivity index (χ0) is 18.6. The maximum atomic E-state index is 12.3. The molecule has 140 valence electrons. The summed E-state index contributed by atoms with van der Waals surface area (Å²) in [5.74, 6) is 0.636. The van der Waals surface area contributed by atoms with Crippen LogP contribution in [-0.4, -0.2) is 40.4 Å². The van der Waals surface area contributed by atoms with Crippen LogP contribution in [0.15, 0.2) is 53.3 Å². The van der Waals surface area contributed by atoms with Gasteiger partial charge >= 0.3 is 5.69 Å². The fourth-order valence-corrected chi connectivity index (χ4v) is 3.80. The number of carbonyl (C=O) groups is 1. The Kier molecular flexibility index (Phi) is 5.07. The van der Waals surface area contributed by atoms with Gasteiger partial charge in [-0.25, -0.2) is 4.79 Å².